The summed E-state index contributed by atoms with van der Waals surface area (Å²) in [6.45, 7) is 13.8. The second kappa shape index (κ2) is 5.84. The average Bonchev–Trinajstić information content (AvgIpc) is 1.98. The minimum Gasteiger partial charge on any atom is -0.368 e. The van der Waals surface area contributed by atoms with Gasteiger partial charge in [0, 0.05) is 5.41 Å². The summed E-state index contributed by atoms with van der Waals surface area (Å²) in [5.41, 5.74) is 0.236. The molecule has 0 heterocycles. The van der Waals surface area contributed by atoms with Crippen molar-refractivity contribution in [1.29, 1.82) is 0 Å². The standard InChI is InChI=1S/C14H22O/c1-13(2,3)10-8-7-9-11-15-12-14(4,5)6/h11-12H2,1-6H3. The Hall–Kier alpha value is -0.920. The largest absolute Gasteiger partial charge is 0.368 e. The molecule has 0 fully saturated rings. The molecular formula is C14H22O. The fourth-order valence-electron chi connectivity index (χ4n) is 0.707. The molecule has 0 aliphatic rings. The molecule has 0 aliphatic heterocycles. The van der Waals surface area contributed by atoms with Gasteiger partial charge in [0.25, 0.3) is 0 Å². The molecule has 0 saturated carbocycles. The van der Waals surface area contributed by atoms with Crippen molar-refractivity contribution in [3.05, 3.63) is 0 Å². The van der Waals surface area contributed by atoms with Gasteiger partial charge in [0.05, 0.1) is 6.61 Å². The van der Waals surface area contributed by atoms with Gasteiger partial charge < -0.3 is 4.74 Å². The number of hydrogen-bond donors (Lipinski definition) is 0. The van der Waals surface area contributed by atoms with Gasteiger partial charge in [-0.05, 0) is 38.0 Å². The summed E-state index contributed by atoms with van der Waals surface area (Å²) in [5, 5.41) is 0. The lowest BCUT2D eigenvalue weighted by Gasteiger charge is -2.16. The van der Waals surface area contributed by atoms with Crippen molar-refractivity contribution in [2.75, 3.05) is 13.2 Å². The molecule has 0 radical (unpaired) electrons. The van der Waals surface area contributed by atoms with Gasteiger partial charge in [-0.15, -0.1) is 0 Å². The maximum Gasteiger partial charge on any atom is 0.108 e. The zero-order chi connectivity index (χ0) is 11.9. The van der Waals surface area contributed by atoms with Gasteiger partial charge in [-0.25, -0.2) is 0 Å². The monoisotopic (exact) mass is 206 g/mol. The van der Waals surface area contributed by atoms with E-state index in [0.29, 0.717) is 6.61 Å². The van der Waals surface area contributed by atoms with E-state index in [2.05, 4.69) is 65.2 Å². The third-order valence-electron chi connectivity index (χ3n) is 1.30. The van der Waals surface area contributed by atoms with Crippen LogP contribution in [-0.4, -0.2) is 13.2 Å². The maximum absolute atomic E-state index is 5.39. The van der Waals surface area contributed by atoms with Crippen LogP contribution in [0.2, 0.25) is 0 Å². The van der Waals surface area contributed by atoms with Gasteiger partial charge in [0.15, 0.2) is 0 Å². The van der Waals surface area contributed by atoms with Gasteiger partial charge in [-0.2, -0.15) is 0 Å². The highest BCUT2D eigenvalue weighted by atomic mass is 16.5. The normalized spacial score (nSPS) is 11.1. The Morgan fingerprint density at radius 2 is 1.53 bits per heavy atom. The number of hydrogen-bond acceptors (Lipinski definition) is 1. The molecule has 0 amide bonds. The second-order valence-corrected chi connectivity index (χ2v) is 5.86. The Bertz CT molecular complexity index is 291. The van der Waals surface area contributed by atoms with Crippen LogP contribution in [-0.2, 0) is 4.74 Å². The zero-order valence-corrected chi connectivity index (χ0v) is 10.8. The fourth-order valence-corrected chi connectivity index (χ4v) is 0.707. The predicted molar refractivity (Wildman–Crippen MR) is 65.3 cm³/mol. The Balaban J connectivity index is 3.78. The molecule has 0 bridgehead atoms. The van der Waals surface area contributed by atoms with Crippen LogP contribution >= 0.6 is 0 Å². The second-order valence-electron chi connectivity index (χ2n) is 5.86. The highest BCUT2D eigenvalue weighted by Gasteiger charge is 2.08. The first-order valence-electron chi connectivity index (χ1n) is 5.28. The smallest absolute Gasteiger partial charge is 0.108 e. The molecule has 0 rings (SSSR count). The van der Waals surface area contributed by atoms with E-state index in [9.17, 15) is 0 Å². The molecule has 1 nitrogen and oxygen atoms in total. The van der Waals surface area contributed by atoms with Crippen molar-refractivity contribution in [3.63, 3.8) is 0 Å². The molecule has 0 aliphatic carbocycles. The van der Waals surface area contributed by atoms with Gasteiger partial charge >= 0.3 is 0 Å². The van der Waals surface area contributed by atoms with Crippen LogP contribution in [0.25, 0.3) is 0 Å². The SMILES string of the molecule is CC(C)(C)C#CC#CCOCC(C)(C)C. The summed E-state index contributed by atoms with van der Waals surface area (Å²) in [6, 6.07) is 0. The maximum atomic E-state index is 5.39. The Kier molecular flexibility index (Phi) is 5.48. The van der Waals surface area contributed by atoms with E-state index in [0.717, 1.165) is 6.61 Å². The lowest BCUT2D eigenvalue weighted by atomic mass is 9.98. The molecule has 0 aromatic heterocycles. The molecule has 0 spiro atoms. The van der Waals surface area contributed by atoms with Crippen LogP contribution in [0.4, 0.5) is 0 Å². The number of rotatable bonds is 2. The quantitative estimate of drug-likeness (QED) is 0.498. The summed E-state index contributed by atoms with van der Waals surface area (Å²) in [6.07, 6.45) is 0. The van der Waals surface area contributed by atoms with E-state index >= 15 is 0 Å². The van der Waals surface area contributed by atoms with Gasteiger partial charge in [-0.1, -0.05) is 32.6 Å². The van der Waals surface area contributed by atoms with E-state index in [-0.39, 0.29) is 10.8 Å². The molecule has 1 heteroatoms. The molecule has 15 heavy (non-hydrogen) atoms. The minimum atomic E-state index is 0.0287. The highest BCUT2D eigenvalue weighted by molar-refractivity contribution is 5.27. The van der Waals surface area contributed by atoms with E-state index in [1.165, 1.54) is 0 Å². The zero-order valence-electron chi connectivity index (χ0n) is 10.8. The first-order valence-corrected chi connectivity index (χ1v) is 5.28. The van der Waals surface area contributed by atoms with Crippen molar-refractivity contribution in [2.45, 2.75) is 41.5 Å². The van der Waals surface area contributed by atoms with Crippen molar-refractivity contribution in [2.24, 2.45) is 10.8 Å². The van der Waals surface area contributed by atoms with Gasteiger partial charge in [0.1, 0.15) is 6.61 Å². The third kappa shape index (κ3) is 13.1. The Morgan fingerprint density at radius 3 is 2.00 bits per heavy atom. The van der Waals surface area contributed by atoms with Crippen molar-refractivity contribution in [1.82, 2.24) is 0 Å². The summed E-state index contributed by atoms with van der Waals surface area (Å²) < 4.78 is 5.39. The lowest BCUT2D eigenvalue weighted by molar-refractivity contribution is 0.0943. The van der Waals surface area contributed by atoms with Gasteiger partial charge in [0.2, 0.25) is 0 Å². The first-order chi connectivity index (χ1) is 6.71. The van der Waals surface area contributed by atoms with E-state index in [1.807, 2.05) is 0 Å². The highest BCUT2D eigenvalue weighted by Crippen LogP contribution is 2.12. The molecule has 84 valence electrons. The summed E-state index contributed by atoms with van der Waals surface area (Å²) in [5.74, 6) is 11.6. The molecule has 0 aromatic rings. The lowest BCUT2D eigenvalue weighted by Crippen LogP contribution is -2.14. The predicted octanol–water partition coefficient (Wildman–Crippen LogP) is 3.10. The molecule has 0 unspecified atom stereocenters. The topological polar surface area (TPSA) is 9.23 Å². The molecule has 0 saturated heterocycles. The summed E-state index contributed by atoms with van der Waals surface area (Å²) in [4.78, 5) is 0. The minimum absolute atomic E-state index is 0.0287. The third-order valence-corrected chi connectivity index (χ3v) is 1.30. The molecular weight excluding hydrogens is 184 g/mol. The van der Waals surface area contributed by atoms with Crippen molar-refractivity contribution < 1.29 is 4.74 Å². The van der Waals surface area contributed by atoms with Crippen LogP contribution in [0, 0.1) is 34.5 Å². The fraction of sp³-hybridized carbons (Fsp3) is 0.714. The summed E-state index contributed by atoms with van der Waals surface area (Å²) in [7, 11) is 0. The van der Waals surface area contributed by atoms with E-state index < -0.39 is 0 Å². The summed E-state index contributed by atoms with van der Waals surface area (Å²) >= 11 is 0. The van der Waals surface area contributed by atoms with Crippen LogP contribution in [0.3, 0.4) is 0 Å². The average molecular weight is 206 g/mol. The van der Waals surface area contributed by atoms with E-state index in [1.54, 1.807) is 0 Å². The Morgan fingerprint density at radius 1 is 0.933 bits per heavy atom. The number of ether oxygens (including phenoxy) is 1. The molecule has 0 atom stereocenters. The first kappa shape index (κ1) is 14.1. The van der Waals surface area contributed by atoms with Crippen molar-refractivity contribution in [3.8, 4) is 23.7 Å². The van der Waals surface area contributed by atoms with Crippen molar-refractivity contribution >= 4 is 0 Å². The van der Waals surface area contributed by atoms with Crippen LogP contribution in [0.1, 0.15) is 41.5 Å². The van der Waals surface area contributed by atoms with Gasteiger partial charge in [-0.3, -0.25) is 0 Å². The Labute approximate surface area is 94.6 Å². The molecule has 0 aromatic carbocycles. The molecule has 0 N–H and O–H groups in total. The van der Waals surface area contributed by atoms with Crippen LogP contribution in [0.15, 0.2) is 0 Å². The van der Waals surface area contributed by atoms with Crippen LogP contribution < -0.4 is 0 Å². The van der Waals surface area contributed by atoms with Crippen LogP contribution in [0.5, 0.6) is 0 Å². The van der Waals surface area contributed by atoms with E-state index in [4.69, 9.17) is 4.74 Å².